The van der Waals surface area contributed by atoms with Gasteiger partial charge in [-0.05, 0) is 79.8 Å². The lowest BCUT2D eigenvalue weighted by atomic mass is 9.80. The Morgan fingerprint density at radius 3 is 2.32 bits per heavy atom. The Bertz CT molecular complexity index is 928. The van der Waals surface area contributed by atoms with Gasteiger partial charge in [-0.15, -0.1) is 11.3 Å². The van der Waals surface area contributed by atoms with Crippen LogP contribution < -0.4 is 10.6 Å². The number of benzene rings is 1. The number of carboxylic acids is 1. The third kappa shape index (κ3) is 6.84. The number of anilines is 1. The molecular weight excluding hydrogens is 444 g/mol. The van der Waals surface area contributed by atoms with Crippen molar-refractivity contribution < 1.29 is 14.7 Å². The molecule has 0 saturated heterocycles. The number of thiophene rings is 1. The lowest BCUT2D eigenvalue weighted by Gasteiger charge is -2.32. The normalized spacial score (nSPS) is 15.3. The monoisotopic (exact) mass is 484 g/mol. The van der Waals surface area contributed by atoms with Crippen molar-refractivity contribution in [3.8, 4) is 0 Å². The van der Waals surface area contributed by atoms with Gasteiger partial charge in [0, 0.05) is 27.5 Å². The molecular formula is C28H40N2O3S. The number of hydrogen-bond acceptors (Lipinski definition) is 4. The molecule has 3 rings (SSSR count). The van der Waals surface area contributed by atoms with Crippen molar-refractivity contribution in [1.82, 2.24) is 5.32 Å². The van der Waals surface area contributed by atoms with Crippen LogP contribution in [0.25, 0.3) is 0 Å². The lowest BCUT2D eigenvalue weighted by molar-refractivity contribution is -0.136. The molecule has 34 heavy (non-hydrogen) atoms. The van der Waals surface area contributed by atoms with E-state index in [1.54, 1.807) is 0 Å². The van der Waals surface area contributed by atoms with Crippen molar-refractivity contribution in [3.63, 3.8) is 0 Å². The van der Waals surface area contributed by atoms with E-state index in [0.29, 0.717) is 17.4 Å². The van der Waals surface area contributed by atoms with Crippen LogP contribution in [0.15, 0.2) is 30.3 Å². The average molecular weight is 485 g/mol. The molecule has 1 aromatic carbocycles. The van der Waals surface area contributed by atoms with Gasteiger partial charge >= 0.3 is 5.97 Å². The van der Waals surface area contributed by atoms with Gasteiger partial charge in [-0.2, -0.15) is 0 Å². The van der Waals surface area contributed by atoms with Gasteiger partial charge in [-0.1, -0.05) is 40.0 Å². The van der Waals surface area contributed by atoms with Crippen LogP contribution in [0, 0.1) is 5.92 Å². The standard InChI is InChI=1S/C28H40N2O3S/c1-4-19(5-2)25-18-23(24(6-3)34-25)27(20-10-8-7-9-11-20)30-22-14-12-21(13-15-22)28(33)29-17-16-26(31)32/h12-15,18-20,27,30H,4-11,16-17H2,1-3H3,(H,29,33)(H,31,32). The third-order valence-electron chi connectivity index (χ3n) is 7.12. The summed E-state index contributed by atoms with van der Waals surface area (Å²) in [4.78, 5) is 26.0. The molecule has 2 aromatic rings. The van der Waals surface area contributed by atoms with E-state index in [1.165, 1.54) is 60.3 Å². The Morgan fingerprint density at radius 1 is 1.06 bits per heavy atom. The van der Waals surface area contributed by atoms with Gasteiger partial charge in [0.2, 0.25) is 0 Å². The van der Waals surface area contributed by atoms with E-state index in [-0.39, 0.29) is 24.9 Å². The predicted molar refractivity (Wildman–Crippen MR) is 141 cm³/mol. The van der Waals surface area contributed by atoms with E-state index >= 15 is 0 Å². The number of carbonyl (C=O) groups excluding carboxylic acids is 1. The van der Waals surface area contributed by atoms with Crippen LogP contribution in [0.4, 0.5) is 5.69 Å². The molecule has 1 aliphatic carbocycles. The molecule has 1 amide bonds. The average Bonchev–Trinajstić information content (AvgIpc) is 3.27. The van der Waals surface area contributed by atoms with E-state index in [1.807, 2.05) is 35.6 Å². The maximum atomic E-state index is 12.3. The Morgan fingerprint density at radius 2 is 1.74 bits per heavy atom. The maximum Gasteiger partial charge on any atom is 0.305 e. The molecule has 186 valence electrons. The highest BCUT2D eigenvalue weighted by Crippen LogP contribution is 2.42. The number of nitrogens with one attached hydrogen (secondary N) is 2. The number of carbonyl (C=O) groups is 2. The number of amides is 1. The van der Waals surface area contributed by atoms with Crippen LogP contribution >= 0.6 is 11.3 Å². The fourth-order valence-corrected chi connectivity index (χ4v) is 6.51. The summed E-state index contributed by atoms with van der Waals surface area (Å²) in [5, 5.41) is 15.3. The summed E-state index contributed by atoms with van der Waals surface area (Å²) in [5.41, 5.74) is 3.04. The van der Waals surface area contributed by atoms with Gasteiger partial charge in [0.15, 0.2) is 0 Å². The molecule has 1 aromatic heterocycles. The van der Waals surface area contributed by atoms with Crippen molar-refractivity contribution in [2.45, 2.75) is 90.5 Å². The lowest BCUT2D eigenvalue weighted by Crippen LogP contribution is -2.26. The molecule has 5 nitrogen and oxygen atoms in total. The highest BCUT2D eigenvalue weighted by Gasteiger charge is 2.29. The molecule has 0 bridgehead atoms. The molecule has 1 fully saturated rings. The molecule has 1 saturated carbocycles. The van der Waals surface area contributed by atoms with E-state index in [2.05, 4.69) is 37.5 Å². The smallest absolute Gasteiger partial charge is 0.305 e. The minimum atomic E-state index is -0.916. The Hall–Kier alpha value is -2.34. The van der Waals surface area contributed by atoms with Crippen LogP contribution in [-0.4, -0.2) is 23.5 Å². The van der Waals surface area contributed by atoms with Gasteiger partial charge < -0.3 is 15.7 Å². The van der Waals surface area contributed by atoms with Gasteiger partial charge in [0.05, 0.1) is 12.5 Å². The largest absolute Gasteiger partial charge is 0.481 e. The van der Waals surface area contributed by atoms with Crippen LogP contribution in [-0.2, 0) is 11.2 Å². The molecule has 0 spiro atoms. The molecule has 1 heterocycles. The maximum absolute atomic E-state index is 12.3. The summed E-state index contributed by atoms with van der Waals surface area (Å²) in [5.74, 6) is 0.0931. The van der Waals surface area contributed by atoms with Crippen molar-refractivity contribution in [1.29, 1.82) is 0 Å². The first-order valence-electron chi connectivity index (χ1n) is 13.0. The van der Waals surface area contributed by atoms with E-state index in [9.17, 15) is 9.59 Å². The minimum Gasteiger partial charge on any atom is -0.481 e. The second-order valence-electron chi connectivity index (χ2n) is 9.39. The summed E-state index contributed by atoms with van der Waals surface area (Å²) in [7, 11) is 0. The van der Waals surface area contributed by atoms with Gasteiger partial charge in [-0.3, -0.25) is 9.59 Å². The van der Waals surface area contributed by atoms with E-state index in [4.69, 9.17) is 5.11 Å². The quantitative estimate of drug-likeness (QED) is 0.299. The van der Waals surface area contributed by atoms with Crippen molar-refractivity contribution in [3.05, 3.63) is 51.2 Å². The van der Waals surface area contributed by atoms with E-state index in [0.717, 1.165) is 12.1 Å². The highest BCUT2D eigenvalue weighted by atomic mass is 32.1. The molecule has 6 heteroatoms. The molecule has 1 aliphatic rings. The first kappa shape index (κ1) is 26.3. The van der Waals surface area contributed by atoms with Crippen LogP contribution in [0.1, 0.15) is 110 Å². The zero-order chi connectivity index (χ0) is 24.5. The topological polar surface area (TPSA) is 78.4 Å². The molecule has 1 unspecified atom stereocenters. The van der Waals surface area contributed by atoms with Crippen molar-refractivity contribution in [2.75, 3.05) is 11.9 Å². The summed E-state index contributed by atoms with van der Waals surface area (Å²) in [6, 6.07) is 10.4. The Labute approximate surface area is 208 Å². The number of hydrogen-bond donors (Lipinski definition) is 3. The second kappa shape index (κ2) is 12.9. The number of rotatable bonds is 12. The fraction of sp³-hybridized carbons (Fsp3) is 0.571. The second-order valence-corrected chi connectivity index (χ2v) is 10.6. The van der Waals surface area contributed by atoms with Gasteiger partial charge in [0.1, 0.15) is 0 Å². The van der Waals surface area contributed by atoms with E-state index < -0.39 is 5.97 Å². The first-order chi connectivity index (χ1) is 16.5. The fourth-order valence-electron chi connectivity index (χ4n) is 5.10. The number of aryl methyl sites for hydroxylation is 1. The highest BCUT2D eigenvalue weighted by molar-refractivity contribution is 7.12. The SMILES string of the molecule is CCc1sc(C(CC)CC)cc1C(Nc1ccc(C(=O)NCCC(=O)O)cc1)C1CCCCC1. The predicted octanol–water partition coefficient (Wildman–Crippen LogP) is 7.15. The molecule has 0 aliphatic heterocycles. The first-order valence-corrected chi connectivity index (χ1v) is 13.8. The zero-order valence-electron chi connectivity index (χ0n) is 20.9. The van der Waals surface area contributed by atoms with Crippen LogP contribution in [0.5, 0.6) is 0 Å². The zero-order valence-corrected chi connectivity index (χ0v) is 21.7. The Balaban J connectivity index is 1.81. The number of aliphatic carboxylic acids is 1. The summed E-state index contributed by atoms with van der Waals surface area (Å²) < 4.78 is 0. The number of carboxylic acid groups (broad SMARTS) is 1. The Kier molecular flexibility index (Phi) is 10.00. The van der Waals surface area contributed by atoms with Gasteiger partial charge in [-0.25, -0.2) is 0 Å². The molecule has 0 radical (unpaired) electrons. The van der Waals surface area contributed by atoms with Gasteiger partial charge in [0.25, 0.3) is 5.91 Å². The third-order valence-corrected chi connectivity index (χ3v) is 8.58. The van der Waals surface area contributed by atoms with Crippen LogP contribution in [0.2, 0.25) is 0 Å². The van der Waals surface area contributed by atoms with Crippen LogP contribution in [0.3, 0.4) is 0 Å². The molecule has 1 atom stereocenters. The van der Waals surface area contributed by atoms with Crippen molar-refractivity contribution in [2.24, 2.45) is 5.92 Å². The van der Waals surface area contributed by atoms with Crippen molar-refractivity contribution >= 4 is 28.9 Å². The summed E-state index contributed by atoms with van der Waals surface area (Å²) in [6.45, 7) is 6.97. The summed E-state index contributed by atoms with van der Waals surface area (Å²) in [6.07, 6.45) is 9.76. The summed E-state index contributed by atoms with van der Waals surface area (Å²) >= 11 is 2.00. The minimum absolute atomic E-state index is 0.0756. The molecule has 3 N–H and O–H groups in total.